The zero-order chi connectivity index (χ0) is 15.5. The Kier molecular flexibility index (Phi) is 4.80. The number of aromatic nitrogens is 1. The average Bonchev–Trinajstić information content (AvgIpc) is 2.58. The zero-order valence-corrected chi connectivity index (χ0v) is 13.6. The van der Waals surface area contributed by atoms with Crippen LogP contribution in [0.3, 0.4) is 0 Å². The Morgan fingerprint density at radius 1 is 1.00 bits per heavy atom. The molecule has 1 heterocycles. The van der Waals surface area contributed by atoms with Crippen LogP contribution in [-0.2, 0) is 4.79 Å². The van der Waals surface area contributed by atoms with Gasteiger partial charge in [0.2, 0.25) is 0 Å². The van der Waals surface area contributed by atoms with Gasteiger partial charge in [-0.1, -0.05) is 35.3 Å². The molecule has 22 heavy (non-hydrogen) atoms. The SMILES string of the molecule is O=CC1CCC(c2ccc(-c3ccc(Cl)c(Cl)c3)nc2)CC1. The van der Waals surface area contributed by atoms with E-state index in [0.717, 1.165) is 43.2 Å². The van der Waals surface area contributed by atoms with Gasteiger partial charge in [0.15, 0.2) is 0 Å². The summed E-state index contributed by atoms with van der Waals surface area (Å²) >= 11 is 12.0. The molecule has 114 valence electrons. The fourth-order valence-electron chi connectivity index (χ4n) is 3.06. The first-order valence-corrected chi connectivity index (χ1v) is 8.29. The quantitative estimate of drug-likeness (QED) is 0.691. The van der Waals surface area contributed by atoms with Crippen molar-refractivity contribution in [2.24, 2.45) is 5.92 Å². The number of aldehydes is 1. The number of carbonyl (C=O) groups excluding carboxylic acids is 1. The van der Waals surface area contributed by atoms with Gasteiger partial charge in [-0.2, -0.15) is 0 Å². The summed E-state index contributed by atoms with van der Waals surface area (Å²) in [6.45, 7) is 0. The van der Waals surface area contributed by atoms with Gasteiger partial charge in [-0.15, -0.1) is 0 Å². The van der Waals surface area contributed by atoms with Gasteiger partial charge in [-0.25, -0.2) is 0 Å². The largest absolute Gasteiger partial charge is 0.303 e. The van der Waals surface area contributed by atoms with E-state index in [1.54, 1.807) is 6.07 Å². The Morgan fingerprint density at radius 3 is 2.36 bits per heavy atom. The number of nitrogens with zero attached hydrogens (tertiary/aromatic N) is 1. The lowest BCUT2D eigenvalue weighted by atomic mass is 9.79. The first kappa shape index (κ1) is 15.5. The highest BCUT2D eigenvalue weighted by molar-refractivity contribution is 6.42. The number of hydrogen-bond acceptors (Lipinski definition) is 2. The molecule has 1 aliphatic rings. The van der Waals surface area contributed by atoms with E-state index >= 15 is 0 Å². The topological polar surface area (TPSA) is 30.0 Å². The second-order valence-electron chi connectivity index (χ2n) is 5.85. The Balaban J connectivity index is 1.75. The van der Waals surface area contributed by atoms with Gasteiger partial charge in [0, 0.05) is 17.7 Å². The lowest BCUT2D eigenvalue weighted by molar-refractivity contribution is -0.111. The molecule has 0 N–H and O–H groups in total. The number of halogens is 2. The van der Waals surface area contributed by atoms with E-state index < -0.39 is 0 Å². The number of hydrogen-bond donors (Lipinski definition) is 0. The summed E-state index contributed by atoms with van der Waals surface area (Å²) in [5.41, 5.74) is 3.11. The summed E-state index contributed by atoms with van der Waals surface area (Å²) in [5.74, 6) is 0.770. The number of carbonyl (C=O) groups is 1. The van der Waals surface area contributed by atoms with E-state index in [4.69, 9.17) is 23.2 Å². The Labute approximate surface area is 140 Å². The highest BCUT2D eigenvalue weighted by atomic mass is 35.5. The summed E-state index contributed by atoms with van der Waals surface area (Å²) in [6, 6.07) is 9.71. The van der Waals surface area contributed by atoms with Crippen LogP contribution in [0.2, 0.25) is 10.0 Å². The number of pyridine rings is 1. The fourth-order valence-corrected chi connectivity index (χ4v) is 3.36. The van der Waals surface area contributed by atoms with Crippen LogP contribution in [0.1, 0.15) is 37.2 Å². The summed E-state index contributed by atoms with van der Waals surface area (Å²) in [6.07, 6.45) is 7.16. The third kappa shape index (κ3) is 3.34. The molecule has 0 radical (unpaired) electrons. The van der Waals surface area contributed by atoms with Gasteiger partial charge < -0.3 is 4.79 Å². The van der Waals surface area contributed by atoms with Crippen molar-refractivity contribution in [2.75, 3.05) is 0 Å². The maximum Gasteiger partial charge on any atom is 0.123 e. The Bertz CT molecular complexity index is 661. The molecule has 4 heteroatoms. The molecule has 1 saturated carbocycles. The molecule has 0 spiro atoms. The summed E-state index contributed by atoms with van der Waals surface area (Å²) < 4.78 is 0. The molecular formula is C18H17Cl2NO. The van der Waals surface area contributed by atoms with E-state index in [-0.39, 0.29) is 5.92 Å². The predicted molar refractivity (Wildman–Crippen MR) is 90.5 cm³/mol. The molecule has 0 amide bonds. The van der Waals surface area contributed by atoms with Crippen molar-refractivity contribution >= 4 is 29.5 Å². The fraction of sp³-hybridized carbons (Fsp3) is 0.333. The lowest BCUT2D eigenvalue weighted by Crippen LogP contribution is -2.14. The summed E-state index contributed by atoms with van der Waals surface area (Å²) in [4.78, 5) is 15.4. The zero-order valence-electron chi connectivity index (χ0n) is 12.1. The molecule has 2 nitrogen and oxygen atoms in total. The van der Waals surface area contributed by atoms with E-state index in [9.17, 15) is 4.79 Å². The van der Waals surface area contributed by atoms with Crippen LogP contribution in [-0.4, -0.2) is 11.3 Å². The molecule has 3 rings (SSSR count). The van der Waals surface area contributed by atoms with Crippen LogP contribution in [0.15, 0.2) is 36.5 Å². The van der Waals surface area contributed by atoms with Crippen LogP contribution < -0.4 is 0 Å². The van der Waals surface area contributed by atoms with Gasteiger partial charge in [-0.05, 0) is 55.4 Å². The first-order chi connectivity index (χ1) is 10.7. The molecule has 0 aliphatic heterocycles. The van der Waals surface area contributed by atoms with E-state index in [0.29, 0.717) is 16.0 Å². The predicted octanol–water partition coefficient (Wildman–Crippen LogP) is 5.53. The van der Waals surface area contributed by atoms with Crippen molar-refractivity contribution in [2.45, 2.75) is 31.6 Å². The minimum atomic E-state index is 0.250. The molecule has 1 aromatic heterocycles. The van der Waals surface area contributed by atoms with Crippen molar-refractivity contribution in [3.8, 4) is 11.3 Å². The van der Waals surface area contributed by atoms with Crippen molar-refractivity contribution in [1.29, 1.82) is 0 Å². The van der Waals surface area contributed by atoms with Crippen LogP contribution >= 0.6 is 23.2 Å². The van der Waals surface area contributed by atoms with Gasteiger partial charge in [0.05, 0.1) is 15.7 Å². The van der Waals surface area contributed by atoms with Crippen molar-refractivity contribution in [3.05, 3.63) is 52.1 Å². The molecule has 2 aromatic rings. The normalized spacial score (nSPS) is 21.5. The maximum absolute atomic E-state index is 10.8. The summed E-state index contributed by atoms with van der Waals surface area (Å²) in [7, 11) is 0. The molecule has 0 bridgehead atoms. The minimum absolute atomic E-state index is 0.250. The second-order valence-corrected chi connectivity index (χ2v) is 6.67. The van der Waals surface area contributed by atoms with Crippen LogP contribution in [0.25, 0.3) is 11.3 Å². The molecule has 1 fully saturated rings. The Hall–Kier alpha value is -1.38. The van der Waals surface area contributed by atoms with E-state index in [2.05, 4.69) is 11.1 Å². The molecule has 0 atom stereocenters. The van der Waals surface area contributed by atoms with Crippen LogP contribution in [0.4, 0.5) is 0 Å². The van der Waals surface area contributed by atoms with Gasteiger partial charge in [-0.3, -0.25) is 4.98 Å². The molecule has 1 aromatic carbocycles. The highest BCUT2D eigenvalue weighted by Crippen LogP contribution is 2.35. The summed E-state index contributed by atoms with van der Waals surface area (Å²) in [5, 5.41) is 1.09. The second kappa shape index (κ2) is 6.80. The number of benzene rings is 1. The van der Waals surface area contributed by atoms with Crippen molar-refractivity contribution in [3.63, 3.8) is 0 Å². The smallest absolute Gasteiger partial charge is 0.123 e. The molecular weight excluding hydrogens is 317 g/mol. The van der Waals surface area contributed by atoms with Gasteiger partial charge in [0.1, 0.15) is 6.29 Å². The first-order valence-electron chi connectivity index (χ1n) is 7.54. The molecule has 0 unspecified atom stereocenters. The lowest BCUT2D eigenvalue weighted by Gasteiger charge is -2.25. The third-order valence-electron chi connectivity index (χ3n) is 4.44. The van der Waals surface area contributed by atoms with Crippen molar-refractivity contribution in [1.82, 2.24) is 4.98 Å². The standard InChI is InChI=1S/C18H17Cl2NO/c19-16-7-5-14(9-17(16)20)18-8-6-15(10-21-18)13-3-1-12(11-22)2-4-13/h5-13H,1-4H2. The van der Waals surface area contributed by atoms with E-state index in [1.165, 1.54) is 5.56 Å². The molecule has 1 aliphatic carbocycles. The average molecular weight is 334 g/mol. The van der Waals surface area contributed by atoms with Crippen LogP contribution in [0.5, 0.6) is 0 Å². The maximum atomic E-state index is 10.8. The molecule has 0 saturated heterocycles. The minimum Gasteiger partial charge on any atom is -0.303 e. The van der Waals surface area contributed by atoms with Gasteiger partial charge in [0.25, 0.3) is 0 Å². The van der Waals surface area contributed by atoms with Crippen molar-refractivity contribution < 1.29 is 4.79 Å². The third-order valence-corrected chi connectivity index (χ3v) is 5.18. The van der Waals surface area contributed by atoms with E-state index in [1.807, 2.05) is 24.4 Å². The van der Waals surface area contributed by atoms with Gasteiger partial charge >= 0.3 is 0 Å². The Morgan fingerprint density at radius 2 is 1.77 bits per heavy atom. The number of rotatable bonds is 3. The highest BCUT2D eigenvalue weighted by Gasteiger charge is 2.22. The monoisotopic (exact) mass is 333 g/mol. The van der Waals surface area contributed by atoms with Crippen LogP contribution in [0, 0.1) is 5.92 Å².